The van der Waals surface area contributed by atoms with Gasteiger partial charge in [0.15, 0.2) is 0 Å². The molecule has 1 aromatic rings. The van der Waals surface area contributed by atoms with E-state index in [1.807, 2.05) is 0 Å². The average molecular weight is 300 g/mol. The molecule has 0 saturated heterocycles. The van der Waals surface area contributed by atoms with Crippen molar-refractivity contribution >= 4 is 5.91 Å². The molecule has 0 aliphatic rings. The van der Waals surface area contributed by atoms with E-state index >= 15 is 0 Å². The lowest BCUT2D eigenvalue weighted by atomic mass is 9.88. The number of benzene rings is 1. The first-order valence-electron chi connectivity index (χ1n) is 6.76. The van der Waals surface area contributed by atoms with Crippen molar-refractivity contribution in [3.05, 3.63) is 29.8 Å². The monoisotopic (exact) mass is 300 g/mol. The highest BCUT2D eigenvalue weighted by Gasteiger charge is 2.18. The maximum atomic E-state index is 12.3. The summed E-state index contributed by atoms with van der Waals surface area (Å²) >= 11 is 0. The molecule has 6 heteroatoms. The average Bonchev–Trinajstić information content (AvgIpc) is 2.34. The van der Waals surface area contributed by atoms with Gasteiger partial charge in [0.05, 0.1) is 5.56 Å². The summed E-state index contributed by atoms with van der Waals surface area (Å²) in [5.74, 6) is -0.620. The second kappa shape index (κ2) is 7.36. The van der Waals surface area contributed by atoms with E-state index in [9.17, 15) is 13.6 Å². The highest BCUT2D eigenvalue weighted by atomic mass is 19.3. The molecule has 1 atom stereocenters. The Morgan fingerprint density at radius 1 is 1.33 bits per heavy atom. The van der Waals surface area contributed by atoms with Crippen LogP contribution in [-0.2, 0) is 0 Å². The minimum Gasteiger partial charge on any atom is -0.434 e. The van der Waals surface area contributed by atoms with Crippen LogP contribution in [0.3, 0.4) is 0 Å². The zero-order chi connectivity index (χ0) is 16.0. The van der Waals surface area contributed by atoms with E-state index in [0.717, 1.165) is 6.42 Å². The van der Waals surface area contributed by atoms with Crippen LogP contribution < -0.4 is 15.8 Å². The van der Waals surface area contributed by atoms with Gasteiger partial charge in [-0.1, -0.05) is 32.9 Å². The highest BCUT2D eigenvalue weighted by molar-refractivity contribution is 5.96. The third-order valence-electron chi connectivity index (χ3n) is 2.75. The van der Waals surface area contributed by atoms with Crippen molar-refractivity contribution in [3.8, 4) is 5.75 Å². The maximum Gasteiger partial charge on any atom is 0.387 e. The fourth-order valence-electron chi connectivity index (χ4n) is 2.03. The molecule has 1 amide bonds. The molecule has 21 heavy (non-hydrogen) atoms. The van der Waals surface area contributed by atoms with Crippen molar-refractivity contribution in [2.75, 3.05) is 6.54 Å². The molecular formula is C15H22F2N2O2. The molecule has 3 N–H and O–H groups in total. The lowest BCUT2D eigenvalue weighted by molar-refractivity contribution is -0.0501. The van der Waals surface area contributed by atoms with Gasteiger partial charge in [0.1, 0.15) is 5.75 Å². The SMILES string of the molecule is CC(C)(C)CC(N)CNC(=O)c1ccccc1OC(F)F. The second-order valence-corrected chi connectivity index (χ2v) is 6.11. The van der Waals surface area contributed by atoms with Crippen LogP contribution in [0.15, 0.2) is 24.3 Å². The molecule has 0 spiro atoms. The first-order valence-corrected chi connectivity index (χ1v) is 6.76. The van der Waals surface area contributed by atoms with E-state index in [4.69, 9.17) is 5.73 Å². The molecule has 0 fully saturated rings. The quantitative estimate of drug-likeness (QED) is 0.849. The zero-order valence-corrected chi connectivity index (χ0v) is 12.5. The molecule has 0 aromatic heterocycles. The third-order valence-corrected chi connectivity index (χ3v) is 2.75. The number of alkyl halides is 2. The van der Waals surface area contributed by atoms with E-state index in [-0.39, 0.29) is 29.3 Å². The van der Waals surface area contributed by atoms with Gasteiger partial charge in [0.25, 0.3) is 5.91 Å². The largest absolute Gasteiger partial charge is 0.434 e. The number of carbonyl (C=O) groups excluding carboxylic acids is 1. The lowest BCUT2D eigenvalue weighted by Crippen LogP contribution is -2.39. The Kier molecular flexibility index (Phi) is 6.08. The molecule has 1 aromatic carbocycles. The summed E-state index contributed by atoms with van der Waals surface area (Å²) in [4.78, 5) is 12.0. The van der Waals surface area contributed by atoms with E-state index in [0.29, 0.717) is 0 Å². The Morgan fingerprint density at radius 2 is 1.95 bits per heavy atom. The number of amides is 1. The van der Waals surface area contributed by atoms with Crippen molar-refractivity contribution in [2.24, 2.45) is 11.1 Å². The van der Waals surface area contributed by atoms with E-state index in [1.54, 1.807) is 6.07 Å². The van der Waals surface area contributed by atoms with Gasteiger partial charge in [-0.3, -0.25) is 4.79 Å². The van der Waals surface area contributed by atoms with Gasteiger partial charge in [-0.2, -0.15) is 8.78 Å². The zero-order valence-electron chi connectivity index (χ0n) is 12.5. The molecule has 0 aliphatic carbocycles. The number of hydrogen-bond donors (Lipinski definition) is 2. The molecule has 118 valence electrons. The predicted octanol–water partition coefficient (Wildman–Crippen LogP) is 2.78. The number of halogens is 2. The van der Waals surface area contributed by atoms with Crippen molar-refractivity contribution in [2.45, 2.75) is 39.8 Å². The fraction of sp³-hybridized carbons (Fsp3) is 0.533. The summed E-state index contributed by atoms with van der Waals surface area (Å²) in [7, 11) is 0. The van der Waals surface area contributed by atoms with Crippen LogP contribution in [0.5, 0.6) is 5.75 Å². The topological polar surface area (TPSA) is 64.3 Å². The number of carbonyl (C=O) groups is 1. The van der Waals surface area contributed by atoms with Gasteiger partial charge in [-0.05, 0) is 24.0 Å². The molecular weight excluding hydrogens is 278 g/mol. The minimum atomic E-state index is -2.97. The van der Waals surface area contributed by atoms with Crippen molar-refractivity contribution in [1.82, 2.24) is 5.32 Å². The van der Waals surface area contributed by atoms with Gasteiger partial charge in [0, 0.05) is 12.6 Å². The van der Waals surface area contributed by atoms with Crippen molar-refractivity contribution < 1.29 is 18.3 Å². The van der Waals surface area contributed by atoms with Crippen LogP contribution in [-0.4, -0.2) is 25.1 Å². The van der Waals surface area contributed by atoms with Crippen molar-refractivity contribution in [1.29, 1.82) is 0 Å². The molecule has 0 aliphatic heterocycles. The third kappa shape index (κ3) is 6.53. The predicted molar refractivity (Wildman–Crippen MR) is 77.5 cm³/mol. The molecule has 0 radical (unpaired) electrons. The summed E-state index contributed by atoms with van der Waals surface area (Å²) in [5, 5.41) is 2.65. The Balaban J connectivity index is 2.64. The van der Waals surface area contributed by atoms with E-state index < -0.39 is 12.5 Å². The first kappa shape index (κ1) is 17.4. The Morgan fingerprint density at radius 3 is 2.52 bits per heavy atom. The summed E-state index contributed by atoms with van der Waals surface area (Å²) in [5.41, 5.74) is 6.07. The second-order valence-electron chi connectivity index (χ2n) is 6.11. The van der Waals surface area contributed by atoms with Crippen LogP contribution in [0.4, 0.5) is 8.78 Å². The van der Waals surface area contributed by atoms with Gasteiger partial charge in [0.2, 0.25) is 0 Å². The van der Waals surface area contributed by atoms with Gasteiger partial charge in [-0.25, -0.2) is 0 Å². The Bertz CT molecular complexity index is 473. The normalized spacial score (nSPS) is 13.1. The van der Waals surface area contributed by atoms with Crippen molar-refractivity contribution in [3.63, 3.8) is 0 Å². The van der Waals surface area contributed by atoms with Gasteiger partial charge >= 0.3 is 6.61 Å². The van der Waals surface area contributed by atoms with Gasteiger partial charge in [-0.15, -0.1) is 0 Å². The van der Waals surface area contributed by atoms with Crippen LogP contribution in [0.25, 0.3) is 0 Å². The summed E-state index contributed by atoms with van der Waals surface area (Å²) < 4.78 is 28.9. The van der Waals surface area contributed by atoms with Crippen LogP contribution in [0, 0.1) is 5.41 Å². The number of rotatable bonds is 6. The molecule has 0 heterocycles. The van der Waals surface area contributed by atoms with Gasteiger partial charge < -0.3 is 15.8 Å². The molecule has 1 rings (SSSR count). The number of para-hydroxylation sites is 1. The molecule has 0 saturated carbocycles. The highest BCUT2D eigenvalue weighted by Crippen LogP contribution is 2.21. The maximum absolute atomic E-state index is 12.3. The lowest BCUT2D eigenvalue weighted by Gasteiger charge is -2.23. The number of nitrogens with one attached hydrogen (secondary N) is 1. The van der Waals surface area contributed by atoms with Crippen LogP contribution in [0.1, 0.15) is 37.6 Å². The number of ether oxygens (including phenoxy) is 1. The molecule has 4 nitrogen and oxygen atoms in total. The summed E-state index contributed by atoms with van der Waals surface area (Å²) in [6.45, 7) is 3.47. The van der Waals surface area contributed by atoms with Crippen LogP contribution in [0.2, 0.25) is 0 Å². The van der Waals surface area contributed by atoms with E-state index in [2.05, 4.69) is 30.8 Å². The first-order chi connectivity index (χ1) is 9.69. The number of hydrogen-bond acceptors (Lipinski definition) is 3. The minimum absolute atomic E-state index is 0.0564. The van der Waals surface area contributed by atoms with Crippen LogP contribution >= 0.6 is 0 Å². The fourth-order valence-corrected chi connectivity index (χ4v) is 2.03. The Labute approximate surface area is 123 Å². The molecule has 0 bridgehead atoms. The summed E-state index contributed by atoms with van der Waals surface area (Å²) in [6.07, 6.45) is 0.739. The molecule has 1 unspecified atom stereocenters. The standard InChI is InChI=1S/C15H22F2N2O2/c1-15(2,3)8-10(18)9-19-13(20)11-6-4-5-7-12(11)21-14(16)17/h4-7,10,14H,8-9,18H2,1-3H3,(H,19,20). The number of nitrogens with two attached hydrogens (primary N) is 1. The van der Waals surface area contributed by atoms with E-state index in [1.165, 1.54) is 18.2 Å². The Hall–Kier alpha value is -1.69. The smallest absolute Gasteiger partial charge is 0.387 e. The summed E-state index contributed by atoms with van der Waals surface area (Å²) in [6, 6.07) is 5.68.